The fourth-order valence-electron chi connectivity index (χ4n) is 2.03. The number of anilines is 1. The molecule has 0 radical (unpaired) electrons. The summed E-state index contributed by atoms with van der Waals surface area (Å²) in [5.41, 5.74) is 6.21. The van der Waals surface area contributed by atoms with E-state index in [9.17, 15) is 4.79 Å². The van der Waals surface area contributed by atoms with Crippen LogP contribution in [0.4, 0.5) is 5.69 Å². The van der Waals surface area contributed by atoms with Crippen LogP contribution in [-0.4, -0.2) is 31.8 Å². The average molecular weight is 329 g/mol. The van der Waals surface area contributed by atoms with Crippen molar-refractivity contribution in [1.29, 1.82) is 0 Å². The number of benzene rings is 1. The maximum Gasteiger partial charge on any atom is 0.253 e. The summed E-state index contributed by atoms with van der Waals surface area (Å²) in [5, 5.41) is 2.82. The largest absolute Gasteiger partial charge is 0.495 e. The predicted octanol–water partition coefficient (Wildman–Crippen LogP) is 1.90. The van der Waals surface area contributed by atoms with Gasteiger partial charge in [-0.15, -0.1) is 0 Å². The van der Waals surface area contributed by atoms with Crippen LogP contribution in [0.3, 0.4) is 0 Å². The summed E-state index contributed by atoms with van der Waals surface area (Å²) in [4.78, 5) is 12.0. The quantitative estimate of drug-likeness (QED) is 0.885. The molecular formula is C13H17BrN2O3. The monoisotopic (exact) mass is 328 g/mol. The van der Waals surface area contributed by atoms with Crippen molar-refractivity contribution in [3.8, 4) is 5.75 Å². The van der Waals surface area contributed by atoms with Gasteiger partial charge in [0.2, 0.25) is 0 Å². The van der Waals surface area contributed by atoms with E-state index in [1.54, 1.807) is 19.2 Å². The number of methoxy groups -OCH3 is 1. The van der Waals surface area contributed by atoms with Gasteiger partial charge in [-0.25, -0.2) is 0 Å². The highest BCUT2D eigenvalue weighted by atomic mass is 79.9. The molecular weight excluding hydrogens is 312 g/mol. The molecule has 0 saturated carbocycles. The second kappa shape index (κ2) is 6.36. The Morgan fingerprint density at radius 2 is 2.37 bits per heavy atom. The van der Waals surface area contributed by atoms with Gasteiger partial charge in [0.15, 0.2) is 0 Å². The van der Waals surface area contributed by atoms with E-state index in [1.165, 1.54) is 0 Å². The first-order valence-corrected chi connectivity index (χ1v) is 6.93. The number of rotatable bonds is 4. The second-order valence-corrected chi connectivity index (χ2v) is 5.25. The first-order chi connectivity index (χ1) is 9.13. The summed E-state index contributed by atoms with van der Waals surface area (Å²) >= 11 is 3.36. The standard InChI is InChI=1S/C13H17BrN2O3/c1-18-12-6-8(2-4-10(12)14)16-13(17)11-5-3-9(7-15)19-11/h2,4,6,9,11H,3,5,7,15H2,1H3,(H,16,17)/t9-,11+/m1/s1. The zero-order chi connectivity index (χ0) is 13.8. The van der Waals surface area contributed by atoms with E-state index in [0.29, 0.717) is 24.4 Å². The van der Waals surface area contributed by atoms with Crippen LogP contribution in [-0.2, 0) is 9.53 Å². The van der Waals surface area contributed by atoms with Crippen molar-refractivity contribution in [2.24, 2.45) is 5.73 Å². The molecule has 104 valence electrons. The lowest BCUT2D eigenvalue weighted by Gasteiger charge is -2.13. The zero-order valence-electron chi connectivity index (χ0n) is 10.7. The van der Waals surface area contributed by atoms with Crippen LogP contribution in [0.2, 0.25) is 0 Å². The van der Waals surface area contributed by atoms with Crippen LogP contribution in [0.5, 0.6) is 5.75 Å². The van der Waals surface area contributed by atoms with Crippen LogP contribution in [0.1, 0.15) is 12.8 Å². The molecule has 19 heavy (non-hydrogen) atoms. The van der Waals surface area contributed by atoms with Gasteiger partial charge in [0.1, 0.15) is 11.9 Å². The highest BCUT2D eigenvalue weighted by Gasteiger charge is 2.29. The van der Waals surface area contributed by atoms with Gasteiger partial charge in [-0.3, -0.25) is 4.79 Å². The Bertz CT molecular complexity index is 467. The molecule has 1 heterocycles. The average Bonchev–Trinajstić information content (AvgIpc) is 2.90. The maximum atomic E-state index is 12.0. The molecule has 2 rings (SSSR count). The van der Waals surface area contributed by atoms with Crippen molar-refractivity contribution in [1.82, 2.24) is 0 Å². The van der Waals surface area contributed by atoms with Gasteiger partial charge in [-0.1, -0.05) is 0 Å². The van der Waals surface area contributed by atoms with Crippen LogP contribution in [0.15, 0.2) is 22.7 Å². The molecule has 3 N–H and O–H groups in total. The Labute approximate surface area is 120 Å². The number of ether oxygens (including phenoxy) is 2. The smallest absolute Gasteiger partial charge is 0.253 e. The highest BCUT2D eigenvalue weighted by Crippen LogP contribution is 2.28. The Morgan fingerprint density at radius 1 is 1.58 bits per heavy atom. The molecule has 1 aromatic carbocycles. The Balaban J connectivity index is 1.99. The van der Waals surface area contributed by atoms with Gasteiger partial charge in [0, 0.05) is 18.3 Å². The van der Waals surface area contributed by atoms with Crippen molar-refractivity contribution in [2.45, 2.75) is 25.0 Å². The third-order valence-electron chi connectivity index (χ3n) is 3.08. The lowest BCUT2D eigenvalue weighted by Crippen LogP contribution is -2.29. The van der Waals surface area contributed by atoms with Crippen molar-refractivity contribution in [3.63, 3.8) is 0 Å². The Hall–Kier alpha value is -1.11. The third kappa shape index (κ3) is 3.46. The molecule has 0 aromatic heterocycles. The van der Waals surface area contributed by atoms with E-state index in [1.807, 2.05) is 6.07 Å². The van der Waals surface area contributed by atoms with Gasteiger partial charge >= 0.3 is 0 Å². The Kier molecular flexibility index (Phi) is 4.79. The maximum absolute atomic E-state index is 12.0. The Morgan fingerprint density at radius 3 is 3.00 bits per heavy atom. The number of nitrogens with one attached hydrogen (secondary N) is 1. The minimum atomic E-state index is -0.414. The fourth-order valence-corrected chi connectivity index (χ4v) is 2.44. The summed E-state index contributed by atoms with van der Waals surface area (Å²) in [5.74, 6) is 0.533. The normalized spacial score (nSPS) is 22.3. The first-order valence-electron chi connectivity index (χ1n) is 6.14. The molecule has 0 aliphatic carbocycles. The number of amides is 1. The molecule has 1 aromatic rings. The summed E-state index contributed by atoms with van der Waals surface area (Å²) in [6, 6.07) is 5.39. The SMILES string of the molecule is COc1cc(NC(=O)[C@@H]2CC[C@H](CN)O2)ccc1Br. The summed E-state index contributed by atoms with van der Waals surface area (Å²) in [6.45, 7) is 0.454. The van der Waals surface area contributed by atoms with Gasteiger partial charge in [0.05, 0.1) is 17.7 Å². The highest BCUT2D eigenvalue weighted by molar-refractivity contribution is 9.10. The molecule has 2 atom stereocenters. The number of carbonyl (C=O) groups excluding carboxylic acids is 1. The molecule has 6 heteroatoms. The lowest BCUT2D eigenvalue weighted by molar-refractivity contribution is -0.126. The lowest BCUT2D eigenvalue weighted by atomic mass is 10.2. The summed E-state index contributed by atoms with van der Waals surface area (Å²) in [7, 11) is 1.58. The zero-order valence-corrected chi connectivity index (χ0v) is 12.3. The van der Waals surface area contributed by atoms with Crippen molar-refractivity contribution >= 4 is 27.5 Å². The van der Waals surface area contributed by atoms with Crippen LogP contribution >= 0.6 is 15.9 Å². The molecule has 1 saturated heterocycles. The molecule has 1 aliphatic heterocycles. The summed E-state index contributed by atoms with van der Waals surface area (Å²) < 4.78 is 11.6. The van der Waals surface area contributed by atoms with Crippen LogP contribution < -0.4 is 15.8 Å². The van der Waals surface area contributed by atoms with Gasteiger partial charge in [-0.05, 0) is 40.9 Å². The number of hydrogen-bond donors (Lipinski definition) is 2. The molecule has 0 unspecified atom stereocenters. The van der Waals surface area contributed by atoms with E-state index in [4.69, 9.17) is 15.2 Å². The molecule has 5 nitrogen and oxygen atoms in total. The minimum Gasteiger partial charge on any atom is -0.495 e. The molecule has 1 aliphatic rings. The number of nitrogens with two attached hydrogens (primary N) is 1. The van der Waals surface area contributed by atoms with Gasteiger partial charge < -0.3 is 20.5 Å². The number of halogens is 1. The van der Waals surface area contributed by atoms with Crippen LogP contribution in [0.25, 0.3) is 0 Å². The van der Waals surface area contributed by atoms with Gasteiger partial charge in [0.25, 0.3) is 5.91 Å². The number of carbonyl (C=O) groups is 1. The fraction of sp³-hybridized carbons (Fsp3) is 0.462. The first kappa shape index (κ1) is 14.3. The van der Waals surface area contributed by atoms with Crippen molar-refractivity contribution in [2.75, 3.05) is 19.0 Å². The van der Waals surface area contributed by atoms with E-state index >= 15 is 0 Å². The van der Waals surface area contributed by atoms with E-state index < -0.39 is 6.10 Å². The molecule has 1 fully saturated rings. The predicted molar refractivity (Wildman–Crippen MR) is 76.3 cm³/mol. The van der Waals surface area contributed by atoms with E-state index in [2.05, 4.69) is 21.2 Å². The number of hydrogen-bond acceptors (Lipinski definition) is 4. The van der Waals surface area contributed by atoms with Crippen molar-refractivity contribution < 1.29 is 14.3 Å². The minimum absolute atomic E-state index is 0.00444. The van der Waals surface area contributed by atoms with Crippen LogP contribution in [0, 0.1) is 0 Å². The molecule has 0 spiro atoms. The molecule has 0 bridgehead atoms. The topological polar surface area (TPSA) is 73.6 Å². The second-order valence-electron chi connectivity index (χ2n) is 4.40. The summed E-state index contributed by atoms with van der Waals surface area (Å²) in [6.07, 6.45) is 1.12. The van der Waals surface area contributed by atoms with E-state index in [-0.39, 0.29) is 12.0 Å². The van der Waals surface area contributed by atoms with Crippen molar-refractivity contribution in [3.05, 3.63) is 22.7 Å². The van der Waals surface area contributed by atoms with Gasteiger partial charge in [-0.2, -0.15) is 0 Å². The molecule has 1 amide bonds. The van der Waals surface area contributed by atoms with E-state index in [0.717, 1.165) is 10.9 Å². The third-order valence-corrected chi connectivity index (χ3v) is 3.74.